The summed E-state index contributed by atoms with van der Waals surface area (Å²) in [5, 5.41) is 8.40. The molecule has 0 spiro atoms. The van der Waals surface area contributed by atoms with Crippen molar-refractivity contribution in [1.82, 2.24) is 15.2 Å². The van der Waals surface area contributed by atoms with Crippen LogP contribution in [0.2, 0.25) is 5.02 Å². The van der Waals surface area contributed by atoms with Crippen LogP contribution >= 0.6 is 11.6 Å². The molecule has 2 aromatic rings. The lowest BCUT2D eigenvalue weighted by Gasteiger charge is -1.97. The van der Waals surface area contributed by atoms with Crippen molar-refractivity contribution in [2.24, 2.45) is 5.73 Å². The molecule has 4 nitrogen and oxygen atoms in total. The number of halogens is 1. The van der Waals surface area contributed by atoms with Gasteiger partial charge in [-0.3, -0.25) is 0 Å². The van der Waals surface area contributed by atoms with E-state index in [-0.39, 0.29) is 6.54 Å². The van der Waals surface area contributed by atoms with E-state index in [2.05, 4.69) is 15.2 Å². The van der Waals surface area contributed by atoms with Crippen molar-refractivity contribution >= 4 is 22.6 Å². The maximum atomic E-state index is 5.79. The summed E-state index contributed by atoms with van der Waals surface area (Å²) in [5.74, 6) is 0.523. The summed E-state index contributed by atoms with van der Waals surface area (Å²) in [6, 6.07) is 5.27. The van der Waals surface area contributed by atoms with E-state index in [1.165, 1.54) is 0 Å². The molecule has 0 radical (unpaired) electrons. The van der Waals surface area contributed by atoms with Crippen LogP contribution in [0.1, 0.15) is 5.82 Å². The second kappa shape index (κ2) is 3.24. The summed E-state index contributed by atoms with van der Waals surface area (Å²) >= 11 is 5.79. The van der Waals surface area contributed by atoms with Crippen LogP contribution in [0.3, 0.4) is 0 Å². The van der Waals surface area contributed by atoms with Gasteiger partial charge in [0.15, 0.2) is 5.82 Å². The molecule has 0 atom stereocenters. The van der Waals surface area contributed by atoms with Gasteiger partial charge < -0.3 is 5.73 Å². The topological polar surface area (TPSA) is 64.7 Å². The largest absolute Gasteiger partial charge is 0.324 e. The first kappa shape index (κ1) is 8.34. The van der Waals surface area contributed by atoms with E-state index in [0.717, 1.165) is 11.0 Å². The van der Waals surface area contributed by atoms with Gasteiger partial charge in [-0.1, -0.05) is 11.6 Å². The number of fused-ring (bicyclic) bond motifs is 1. The van der Waals surface area contributed by atoms with Gasteiger partial charge in [0, 0.05) is 5.02 Å². The molecule has 0 bridgehead atoms. The van der Waals surface area contributed by atoms with Gasteiger partial charge in [-0.2, -0.15) is 0 Å². The SMILES string of the molecule is NCc1nnc2ccc(Cl)cc2n1. The normalized spacial score (nSPS) is 10.6. The molecule has 1 aromatic carbocycles. The van der Waals surface area contributed by atoms with Crippen LogP contribution in [-0.2, 0) is 6.54 Å². The highest BCUT2D eigenvalue weighted by atomic mass is 35.5. The highest BCUT2D eigenvalue weighted by Gasteiger charge is 1.99. The van der Waals surface area contributed by atoms with E-state index in [9.17, 15) is 0 Å². The van der Waals surface area contributed by atoms with E-state index in [0.29, 0.717) is 10.8 Å². The zero-order chi connectivity index (χ0) is 9.26. The Morgan fingerprint density at radius 1 is 1.23 bits per heavy atom. The van der Waals surface area contributed by atoms with Crippen LogP contribution in [0.5, 0.6) is 0 Å². The van der Waals surface area contributed by atoms with Crippen LogP contribution in [0.4, 0.5) is 0 Å². The average Bonchev–Trinajstić information content (AvgIpc) is 2.16. The summed E-state index contributed by atoms with van der Waals surface area (Å²) < 4.78 is 0. The Balaban J connectivity index is 2.68. The zero-order valence-corrected chi connectivity index (χ0v) is 7.49. The van der Waals surface area contributed by atoms with Crippen molar-refractivity contribution in [2.75, 3.05) is 0 Å². The van der Waals surface area contributed by atoms with Crippen molar-refractivity contribution in [1.29, 1.82) is 0 Å². The third-order valence-electron chi connectivity index (χ3n) is 1.64. The van der Waals surface area contributed by atoms with Gasteiger partial charge in [0.05, 0.1) is 12.1 Å². The summed E-state index contributed by atoms with van der Waals surface area (Å²) in [6.45, 7) is 0.287. The summed E-state index contributed by atoms with van der Waals surface area (Å²) in [4.78, 5) is 4.17. The minimum absolute atomic E-state index is 0.287. The minimum Gasteiger partial charge on any atom is -0.324 e. The lowest BCUT2D eigenvalue weighted by Crippen LogP contribution is -2.04. The number of benzene rings is 1. The van der Waals surface area contributed by atoms with Gasteiger partial charge in [0.2, 0.25) is 0 Å². The molecule has 13 heavy (non-hydrogen) atoms. The fraction of sp³-hybridized carbons (Fsp3) is 0.125. The van der Waals surface area contributed by atoms with Gasteiger partial charge in [-0.15, -0.1) is 10.2 Å². The molecule has 0 aliphatic heterocycles. The maximum absolute atomic E-state index is 5.79. The Morgan fingerprint density at radius 2 is 2.08 bits per heavy atom. The lowest BCUT2D eigenvalue weighted by atomic mass is 10.3. The molecular formula is C8H7ClN4. The van der Waals surface area contributed by atoms with Crippen molar-refractivity contribution in [3.63, 3.8) is 0 Å². The molecule has 0 saturated heterocycles. The molecule has 0 unspecified atom stereocenters. The van der Waals surface area contributed by atoms with Crippen molar-refractivity contribution in [3.05, 3.63) is 29.0 Å². The van der Waals surface area contributed by atoms with Crippen LogP contribution in [0.25, 0.3) is 11.0 Å². The third-order valence-corrected chi connectivity index (χ3v) is 1.88. The van der Waals surface area contributed by atoms with E-state index in [1.54, 1.807) is 18.2 Å². The molecule has 0 aliphatic carbocycles. The molecule has 0 amide bonds. The summed E-state index contributed by atoms with van der Waals surface area (Å²) in [6.07, 6.45) is 0. The molecule has 2 N–H and O–H groups in total. The molecule has 1 heterocycles. The van der Waals surface area contributed by atoms with E-state index >= 15 is 0 Å². The number of aromatic nitrogens is 3. The number of hydrogen-bond acceptors (Lipinski definition) is 4. The monoisotopic (exact) mass is 194 g/mol. The first-order valence-electron chi connectivity index (χ1n) is 3.78. The van der Waals surface area contributed by atoms with Crippen LogP contribution < -0.4 is 5.73 Å². The summed E-state index contributed by atoms with van der Waals surface area (Å²) in [5.41, 5.74) is 6.83. The predicted molar refractivity (Wildman–Crippen MR) is 50.2 cm³/mol. The molecule has 2 rings (SSSR count). The quantitative estimate of drug-likeness (QED) is 0.740. The van der Waals surface area contributed by atoms with Gasteiger partial charge in [0.25, 0.3) is 0 Å². The molecule has 0 fully saturated rings. The van der Waals surface area contributed by atoms with E-state index in [4.69, 9.17) is 17.3 Å². The van der Waals surface area contributed by atoms with Gasteiger partial charge in [-0.25, -0.2) is 4.98 Å². The number of nitrogens with two attached hydrogens (primary N) is 1. The highest BCUT2D eigenvalue weighted by molar-refractivity contribution is 6.31. The van der Waals surface area contributed by atoms with E-state index < -0.39 is 0 Å². The van der Waals surface area contributed by atoms with Crippen molar-refractivity contribution in [3.8, 4) is 0 Å². The maximum Gasteiger partial charge on any atom is 0.165 e. The highest BCUT2D eigenvalue weighted by Crippen LogP contribution is 2.14. The molecule has 0 aliphatic rings. The van der Waals surface area contributed by atoms with E-state index in [1.807, 2.05) is 0 Å². The Morgan fingerprint density at radius 3 is 2.85 bits per heavy atom. The Bertz CT molecular complexity index is 443. The fourth-order valence-electron chi connectivity index (χ4n) is 1.03. The van der Waals surface area contributed by atoms with Gasteiger partial charge >= 0.3 is 0 Å². The second-order valence-electron chi connectivity index (χ2n) is 2.57. The zero-order valence-electron chi connectivity index (χ0n) is 6.74. The molecule has 0 saturated carbocycles. The average molecular weight is 195 g/mol. The van der Waals surface area contributed by atoms with Crippen LogP contribution in [0.15, 0.2) is 18.2 Å². The predicted octanol–water partition coefficient (Wildman–Crippen LogP) is 1.14. The fourth-order valence-corrected chi connectivity index (χ4v) is 1.20. The smallest absolute Gasteiger partial charge is 0.165 e. The van der Waals surface area contributed by atoms with Gasteiger partial charge in [0.1, 0.15) is 5.52 Å². The molecular weight excluding hydrogens is 188 g/mol. The van der Waals surface area contributed by atoms with Crippen molar-refractivity contribution < 1.29 is 0 Å². The molecule has 5 heteroatoms. The second-order valence-corrected chi connectivity index (χ2v) is 3.00. The first-order chi connectivity index (χ1) is 6.29. The lowest BCUT2D eigenvalue weighted by molar-refractivity contribution is 0.859. The number of rotatable bonds is 1. The number of hydrogen-bond donors (Lipinski definition) is 1. The molecule has 66 valence electrons. The summed E-state index contributed by atoms with van der Waals surface area (Å²) in [7, 11) is 0. The molecule has 1 aromatic heterocycles. The van der Waals surface area contributed by atoms with Gasteiger partial charge in [-0.05, 0) is 18.2 Å². The Labute approximate surface area is 79.7 Å². The first-order valence-corrected chi connectivity index (χ1v) is 4.16. The van der Waals surface area contributed by atoms with Crippen LogP contribution in [-0.4, -0.2) is 15.2 Å². The third kappa shape index (κ3) is 1.59. The van der Waals surface area contributed by atoms with Crippen molar-refractivity contribution in [2.45, 2.75) is 6.54 Å². The Hall–Kier alpha value is -1.26. The standard InChI is InChI=1S/C8H7ClN4/c9-5-1-2-6-7(3-5)11-8(4-10)13-12-6/h1-3H,4,10H2. The minimum atomic E-state index is 0.287. The van der Waals surface area contributed by atoms with Crippen LogP contribution in [0, 0.1) is 0 Å². The number of nitrogens with zero attached hydrogens (tertiary/aromatic N) is 3. The Kier molecular flexibility index (Phi) is 2.08.